The third kappa shape index (κ3) is 2.29. The van der Waals surface area contributed by atoms with Crippen LogP contribution in [0.5, 0.6) is 0 Å². The quantitative estimate of drug-likeness (QED) is 0.782. The summed E-state index contributed by atoms with van der Waals surface area (Å²) < 4.78 is 0. The summed E-state index contributed by atoms with van der Waals surface area (Å²) in [6, 6.07) is 0. The van der Waals surface area contributed by atoms with Crippen LogP contribution in [0.15, 0.2) is 5.38 Å². The number of hydrogen-bond acceptors (Lipinski definition) is 3. The largest absolute Gasteiger partial charge is 0.321 e. The lowest BCUT2D eigenvalue weighted by Gasteiger charge is -2.14. The second kappa shape index (κ2) is 3.54. The minimum Gasteiger partial charge on any atom is -0.321 e. The van der Waals surface area contributed by atoms with Gasteiger partial charge < -0.3 is 5.73 Å². The van der Waals surface area contributed by atoms with Crippen LogP contribution >= 0.6 is 11.3 Å². The van der Waals surface area contributed by atoms with Gasteiger partial charge in [0.15, 0.2) is 0 Å². The van der Waals surface area contributed by atoms with Gasteiger partial charge in [0.05, 0.1) is 16.2 Å². The lowest BCUT2D eigenvalue weighted by atomic mass is 10.0. The lowest BCUT2D eigenvalue weighted by Crippen LogP contribution is -2.29. The molecule has 0 aliphatic rings. The number of nitrogens with two attached hydrogens (primary N) is 1. The highest BCUT2D eigenvalue weighted by molar-refractivity contribution is 7.09. The number of aryl methyl sites for hydroxylation is 1. The predicted octanol–water partition coefficient (Wildman–Crippen LogP) is 2.29. The van der Waals surface area contributed by atoms with Gasteiger partial charge in [-0.2, -0.15) is 0 Å². The first kappa shape index (κ1) is 9.68. The van der Waals surface area contributed by atoms with E-state index in [4.69, 9.17) is 5.73 Å². The van der Waals surface area contributed by atoms with Crippen molar-refractivity contribution >= 4 is 11.3 Å². The Kier molecular flexibility index (Phi) is 2.85. The van der Waals surface area contributed by atoms with Crippen molar-refractivity contribution in [2.75, 3.05) is 0 Å². The summed E-state index contributed by atoms with van der Waals surface area (Å²) in [5.74, 6) is 0. The Morgan fingerprint density at radius 2 is 2.25 bits per heavy atom. The lowest BCUT2D eigenvalue weighted by molar-refractivity contribution is 0.537. The van der Waals surface area contributed by atoms with Crippen LogP contribution in [0, 0.1) is 0 Å². The van der Waals surface area contributed by atoms with Gasteiger partial charge in [-0.05, 0) is 26.7 Å². The van der Waals surface area contributed by atoms with Crippen molar-refractivity contribution < 1.29 is 0 Å². The van der Waals surface area contributed by atoms with Gasteiger partial charge in [0, 0.05) is 5.38 Å². The first-order valence-corrected chi connectivity index (χ1v) is 5.15. The van der Waals surface area contributed by atoms with Crippen LogP contribution in [-0.4, -0.2) is 4.98 Å². The standard InChI is InChI=1S/C9H16N2S/c1-4-5-8-11-7(6-12-8)9(2,3)10/h6H,4-5,10H2,1-3H3. The molecule has 1 aromatic rings. The smallest absolute Gasteiger partial charge is 0.0929 e. The second-order valence-corrected chi connectivity index (χ2v) is 4.54. The van der Waals surface area contributed by atoms with Gasteiger partial charge in [-0.3, -0.25) is 0 Å². The number of hydrogen-bond donors (Lipinski definition) is 1. The van der Waals surface area contributed by atoms with Gasteiger partial charge in [-0.15, -0.1) is 11.3 Å². The molecule has 68 valence electrons. The summed E-state index contributed by atoms with van der Waals surface area (Å²) in [4.78, 5) is 4.46. The fourth-order valence-corrected chi connectivity index (χ4v) is 2.01. The zero-order valence-corrected chi connectivity index (χ0v) is 8.74. The molecule has 2 nitrogen and oxygen atoms in total. The molecule has 0 saturated carbocycles. The summed E-state index contributed by atoms with van der Waals surface area (Å²) >= 11 is 1.71. The predicted molar refractivity (Wildman–Crippen MR) is 53.3 cm³/mol. The van der Waals surface area contributed by atoms with Crippen molar-refractivity contribution in [2.45, 2.75) is 39.2 Å². The highest BCUT2D eigenvalue weighted by atomic mass is 32.1. The number of rotatable bonds is 3. The van der Waals surface area contributed by atoms with E-state index in [0.717, 1.165) is 18.5 Å². The van der Waals surface area contributed by atoms with Crippen molar-refractivity contribution in [3.63, 3.8) is 0 Å². The van der Waals surface area contributed by atoms with E-state index in [0.29, 0.717) is 0 Å². The number of thiazole rings is 1. The molecule has 3 heteroatoms. The summed E-state index contributed by atoms with van der Waals surface area (Å²) in [6.07, 6.45) is 2.22. The molecule has 0 aromatic carbocycles. The van der Waals surface area contributed by atoms with Crippen LogP contribution in [0.4, 0.5) is 0 Å². The molecule has 0 amide bonds. The minimum atomic E-state index is -0.289. The highest BCUT2D eigenvalue weighted by Gasteiger charge is 2.17. The molecule has 0 aliphatic carbocycles. The molecule has 12 heavy (non-hydrogen) atoms. The normalized spacial score (nSPS) is 12.0. The van der Waals surface area contributed by atoms with E-state index < -0.39 is 0 Å². The van der Waals surface area contributed by atoms with Gasteiger partial charge in [0.25, 0.3) is 0 Å². The number of aromatic nitrogens is 1. The Bertz CT molecular complexity index is 247. The minimum absolute atomic E-state index is 0.289. The van der Waals surface area contributed by atoms with Gasteiger partial charge in [0.1, 0.15) is 0 Å². The average molecular weight is 184 g/mol. The molecule has 0 unspecified atom stereocenters. The van der Waals surface area contributed by atoms with Gasteiger partial charge in [-0.1, -0.05) is 6.92 Å². The van der Waals surface area contributed by atoms with Crippen molar-refractivity contribution in [1.29, 1.82) is 0 Å². The van der Waals surface area contributed by atoms with E-state index in [1.165, 1.54) is 5.01 Å². The van der Waals surface area contributed by atoms with Crippen LogP contribution < -0.4 is 5.73 Å². The molecule has 1 heterocycles. The fraction of sp³-hybridized carbons (Fsp3) is 0.667. The topological polar surface area (TPSA) is 38.9 Å². The zero-order chi connectivity index (χ0) is 9.19. The molecule has 0 saturated heterocycles. The molecule has 0 spiro atoms. The number of nitrogens with zero attached hydrogens (tertiary/aromatic N) is 1. The van der Waals surface area contributed by atoms with E-state index in [1.807, 2.05) is 13.8 Å². The van der Waals surface area contributed by atoms with Crippen LogP contribution in [0.25, 0.3) is 0 Å². The molecular weight excluding hydrogens is 168 g/mol. The summed E-state index contributed by atoms with van der Waals surface area (Å²) in [5, 5.41) is 3.26. The van der Waals surface area contributed by atoms with Gasteiger partial charge in [0.2, 0.25) is 0 Å². The Balaban J connectivity index is 2.77. The van der Waals surface area contributed by atoms with Crippen LogP contribution in [0.2, 0.25) is 0 Å². The average Bonchev–Trinajstić information content (AvgIpc) is 2.35. The summed E-state index contributed by atoms with van der Waals surface area (Å²) in [7, 11) is 0. The molecule has 0 bridgehead atoms. The Morgan fingerprint density at radius 3 is 2.67 bits per heavy atom. The van der Waals surface area contributed by atoms with Crippen LogP contribution in [-0.2, 0) is 12.0 Å². The van der Waals surface area contributed by atoms with E-state index in [9.17, 15) is 0 Å². The molecule has 0 radical (unpaired) electrons. The maximum atomic E-state index is 5.91. The van der Waals surface area contributed by atoms with Crippen LogP contribution in [0.1, 0.15) is 37.9 Å². The molecule has 1 rings (SSSR count). The summed E-state index contributed by atoms with van der Waals surface area (Å²) in [6.45, 7) is 6.13. The first-order valence-electron chi connectivity index (χ1n) is 4.28. The third-order valence-corrected chi connectivity index (χ3v) is 2.58. The molecular formula is C9H16N2S. The Morgan fingerprint density at radius 1 is 1.58 bits per heavy atom. The van der Waals surface area contributed by atoms with Crippen molar-refractivity contribution in [1.82, 2.24) is 4.98 Å². The van der Waals surface area contributed by atoms with Gasteiger partial charge >= 0.3 is 0 Å². The maximum absolute atomic E-state index is 5.91. The van der Waals surface area contributed by atoms with E-state index >= 15 is 0 Å². The molecule has 2 N–H and O–H groups in total. The monoisotopic (exact) mass is 184 g/mol. The summed E-state index contributed by atoms with van der Waals surface area (Å²) in [5.41, 5.74) is 6.63. The van der Waals surface area contributed by atoms with Crippen molar-refractivity contribution in [2.24, 2.45) is 5.73 Å². The third-order valence-electron chi connectivity index (χ3n) is 1.68. The van der Waals surface area contributed by atoms with Crippen LogP contribution in [0.3, 0.4) is 0 Å². The van der Waals surface area contributed by atoms with E-state index in [1.54, 1.807) is 11.3 Å². The zero-order valence-electron chi connectivity index (χ0n) is 7.92. The first-order chi connectivity index (χ1) is 5.54. The molecule has 1 aromatic heterocycles. The van der Waals surface area contributed by atoms with Gasteiger partial charge in [-0.25, -0.2) is 4.98 Å². The Hall–Kier alpha value is -0.410. The molecule has 0 atom stereocenters. The van der Waals surface area contributed by atoms with Crippen molar-refractivity contribution in [3.05, 3.63) is 16.1 Å². The fourth-order valence-electron chi connectivity index (χ4n) is 0.936. The Labute approximate surface area is 77.8 Å². The highest BCUT2D eigenvalue weighted by Crippen LogP contribution is 2.20. The second-order valence-electron chi connectivity index (χ2n) is 3.60. The SMILES string of the molecule is CCCc1nc(C(C)(C)N)cs1. The molecule has 0 fully saturated rings. The molecule has 0 aliphatic heterocycles. The maximum Gasteiger partial charge on any atom is 0.0929 e. The van der Waals surface area contributed by atoms with E-state index in [-0.39, 0.29) is 5.54 Å². The van der Waals surface area contributed by atoms with Crippen molar-refractivity contribution in [3.8, 4) is 0 Å². The van der Waals surface area contributed by atoms with E-state index in [2.05, 4.69) is 17.3 Å².